The summed E-state index contributed by atoms with van der Waals surface area (Å²) in [5.74, 6) is 1.41. The minimum atomic E-state index is 0.0772. The van der Waals surface area contributed by atoms with E-state index in [1.807, 2.05) is 19.2 Å². The molecule has 1 rings (SSSR count). The van der Waals surface area contributed by atoms with Gasteiger partial charge in [0, 0.05) is 0 Å². The van der Waals surface area contributed by atoms with Crippen LogP contribution in [0.25, 0.3) is 0 Å². The Morgan fingerprint density at radius 3 is 2.47 bits per heavy atom. The fourth-order valence-corrected chi connectivity index (χ4v) is 1.70. The van der Waals surface area contributed by atoms with Gasteiger partial charge in [0.15, 0.2) is 0 Å². The minimum Gasteiger partial charge on any atom is -0.496 e. The maximum atomic E-state index is 5.33. The predicted octanol–water partition coefficient (Wildman–Crippen LogP) is 2.97. The van der Waals surface area contributed by atoms with Gasteiger partial charge in [-0.25, -0.2) is 0 Å². The number of methoxy groups -OCH3 is 1. The van der Waals surface area contributed by atoms with E-state index in [4.69, 9.17) is 4.74 Å². The SMILES string of the molecule is CNC(S)c1ccc(OC)c(C(C)C)c1. The lowest BCUT2D eigenvalue weighted by atomic mass is 9.99. The first-order chi connectivity index (χ1) is 7.10. The van der Waals surface area contributed by atoms with Crippen LogP contribution in [0.1, 0.15) is 36.3 Å². The average Bonchev–Trinajstić information content (AvgIpc) is 2.27. The molecular weight excluding hydrogens is 206 g/mol. The quantitative estimate of drug-likeness (QED) is 0.607. The van der Waals surface area contributed by atoms with Crippen molar-refractivity contribution in [2.45, 2.75) is 25.1 Å². The summed E-state index contributed by atoms with van der Waals surface area (Å²) in [6, 6.07) is 6.20. The van der Waals surface area contributed by atoms with E-state index in [0.29, 0.717) is 5.92 Å². The first kappa shape index (κ1) is 12.4. The fourth-order valence-electron chi connectivity index (χ4n) is 1.54. The van der Waals surface area contributed by atoms with E-state index >= 15 is 0 Å². The third kappa shape index (κ3) is 2.89. The highest BCUT2D eigenvalue weighted by Gasteiger charge is 2.11. The molecule has 0 fully saturated rings. The van der Waals surface area contributed by atoms with E-state index in [-0.39, 0.29) is 5.37 Å². The second-order valence-corrected chi connectivity index (χ2v) is 4.36. The molecule has 1 N–H and O–H groups in total. The summed E-state index contributed by atoms with van der Waals surface area (Å²) >= 11 is 4.45. The number of nitrogens with one attached hydrogen (secondary N) is 1. The number of hydrogen-bond donors (Lipinski definition) is 2. The first-order valence-electron chi connectivity index (χ1n) is 5.13. The minimum absolute atomic E-state index is 0.0772. The summed E-state index contributed by atoms with van der Waals surface area (Å²) in [6.07, 6.45) is 0. The molecule has 0 spiro atoms. The van der Waals surface area contributed by atoms with Gasteiger partial charge < -0.3 is 10.1 Å². The summed E-state index contributed by atoms with van der Waals surface area (Å²) in [6.45, 7) is 4.32. The zero-order valence-corrected chi connectivity index (χ0v) is 10.6. The van der Waals surface area contributed by atoms with Crippen LogP contribution in [0.15, 0.2) is 18.2 Å². The number of ether oxygens (including phenoxy) is 1. The Morgan fingerprint density at radius 1 is 1.33 bits per heavy atom. The highest BCUT2D eigenvalue weighted by atomic mass is 32.1. The van der Waals surface area contributed by atoms with E-state index in [1.54, 1.807) is 7.11 Å². The summed E-state index contributed by atoms with van der Waals surface area (Å²) in [5, 5.41) is 3.19. The smallest absolute Gasteiger partial charge is 0.122 e. The van der Waals surface area contributed by atoms with Gasteiger partial charge in [-0.3, -0.25) is 0 Å². The molecule has 3 heteroatoms. The zero-order valence-electron chi connectivity index (χ0n) is 9.74. The van der Waals surface area contributed by atoms with Gasteiger partial charge in [0.25, 0.3) is 0 Å². The Kier molecular flexibility index (Phi) is 4.48. The molecule has 0 aliphatic carbocycles. The van der Waals surface area contributed by atoms with Crippen LogP contribution in [0.5, 0.6) is 5.75 Å². The maximum Gasteiger partial charge on any atom is 0.122 e. The Hall–Kier alpha value is -0.670. The molecule has 2 nitrogen and oxygen atoms in total. The van der Waals surface area contributed by atoms with Crippen molar-refractivity contribution in [2.75, 3.05) is 14.2 Å². The summed E-state index contributed by atoms with van der Waals surface area (Å²) in [5.41, 5.74) is 2.40. The summed E-state index contributed by atoms with van der Waals surface area (Å²) in [7, 11) is 3.61. The first-order valence-corrected chi connectivity index (χ1v) is 5.65. The van der Waals surface area contributed by atoms with Crippen molar-refractivity contribution in [3.63, 3.8) is 0 Å². The second-order valence-electron chi connectivity index (χ2n) is 3.85. The van der Waals surface area contributed by atoms with E-state index in [1.165, 1.54) is 11.1 Å². The van der Waals surface area contributed by atoms with Gasteiger partial charge in [-0.15, -0.1) is 0 Å². The number of thiol groups is 1. The predicted molar refractivity (Wildman–Crippen MR) is 67.9 cm³/mol. The highest BCUT2D eigenvalue weighted by molar-refractivity contribution is 7.80. The van der Waals surface area contributed by atoms with Crippen LogP contribution in [-0.4, -0.2) is 14.2 Å². The molecule has 0 radical (unpaired) electrons. The lowest BCUT2D eigenvalue weighted by molar-refractivity contribution is 0.407. The molecule has 0 saturated carbocycles. The van der Waals surface area contributed by atoms with E-state index in [2.05, 4.69) is 37.9 Å². The summed E-state index contributed by atoms with van der Waals surface area (Å²) in [4.78, 5) is 0. The molecular formula is C12H19NOS. The molecule has 1 atom stereocenters. The Balaban J connectivity index is 3.10. The molecule has 15 heavy (non-hydrogen) atoms. The van der Waals surface area contributed by atoms with Crippen molar-refractivity contribution in [3.05, 3.63) is 29.3 Å². The molecule has 0 heterocycles. The molecule has 1 unspecified atom stereocenters. The lowest BCUT2D eigenvalue weighted by Gasteiger charge is -2.16. The van der Waals surface area contributed by atoms with Gasteiger partial charge in [0.05, 0.1) is 12.5 Å². The topological polar surface area (TPSA) is 21.3 Å². The van der Waals surface area contributed by atoms with Gasteiger partial charge in [0.1, 0.15) is 5.75 Å². The van der Waals surface area contributed by atoms with Gasteiger partial charge in [-0.2, -0.15) is 12.6 Å². The van der Waals surface area contributed by atoms with Crippen LogP contribution in [-0.2, 0) is 0 Å². The molecule has 1 aromatic rings. The second kappa shape index (κ2) is 5.42. The van der Waals surface area contributed by atoms with Crippen molar-refractivity contribution in [3.8, 4) is 5.75 Å². The Morgan fingerprint density at radius 2 is 2.00 bits per heavy atom. The molecule has 0 aliphatic heterocycles. The standard InChI is InChI=1S/C12H19NOS/c1-8(2)10-7-9(12(15)13-3)5-6-11(10)14-4/h5-8,12-13,15H,1-4H3. The third-order valence-corrected chi connectivity index (χ3v) is 3.02. The van der Waals surface area contributed by atoms with Gasteiger partial charge in [0.2, 0.25) is 0 Å². The average molecular weight is 225 g/mol. The van der Waals surface area contributed by atoms with Crippen molar-refractivity contribution >= 4 is 12.6 Å². The van der Waals surface area contributed by atoms with Crippen LogP contribution in [0.2, 0.25) is 0 Å². The van der Waals surface area contributed by atoms with Crippen molar-refractivity contribution < 1.29 is 4.74 Å². The molecule has 0 bridgehead atoms. The van der Waals surface area contributed by atoms with Crippen LogP contribution < -0.4 is 10.1 Å². The largest absolute Gasteiger partial charge is 0.496 e. The number of rotatable bonds is 4. The number of hydrogen-bond acceptors (Lipinski definition) is 3. The van der Waals surface area contributed by atoms with Crippen LogP contribution >= 0.6 is 12.6 Å². The van der Waals surface area contributed by atoms with E-state index in [9.17, 15) is 0 Å². The fraction of sp³-hybridized carbons (Fsp3) is 0.500. The van der Waals surface area contributed by atoms with Crippen LogP contribution in [0.4, 0.5) is 0 Å². The van der Waals surface area contributed by atoms with Gasteiger partial charge >= 0.3 is 0 Å². The van der Waals surface area contributed by atoms with E-state index < -0.39 is 0 Å². The Labute approximate surface area is 97.4 Å². The lowest BCUT2D eigenvalue weighted by Crippen LogP contribution is -2.10. The van der Waals surface area contributed by atoms with Crippen molar-refractivity contribution in [2.24, 2.45) is 0 Å². The number of benzene rings is 1. The van der Waals surface area contributed by atoms with Crippen molar-refractivity contribution in [1.82, 2.24) is 5.32 Å². The molecule has 0 aliphatic rings. The zero-order chi connectivity index (χ0) is 11.4. The monoisotopic (exact) mass is 225 g/mol. The molecule has 0 aromatic heterocycles. The molecule has 0 saturated heterocycles. The van der Waals surface area contributed by atoms with E-state index in [0.717, 1.165) is 5.75 Å². The van der Waals surface area contributed by atoms with Crippen molar-refractivity contribution in [1.29, 1.82) is 0 Å². The normalized spacial score (nSPS) is 12.9. The highest BCUT2D eigenvalue weighted by Crippen LogP contribution is 2.30. The molecule has 1 aromatic carbocycles. The Bertz CT molecular complexity index is 325. The molecule has 0 amide bonds. The summed E-state index contributed by atoms with van der Waals surface area (Å²) < 4.78 is 5.33. The molecule has 84 valence electrons. The maximum absolute atomic E-state index is 5.33. The van der Waals surface area contributed by atoms with Gasteiger partial charge in [-0.05, 0) is 36.2 Å². The van der Waals surface area contributed by atoms with Crippen LogP contribution in [0.3, 0.4) is 0 Å². The van der Waals surface area contributed by atoms with Gasteiger partial charge in [-0.1, -0.05) is 19.9 Å². The van der Waals surface area contributed by atoms with Crippen LogP contribution in [0, 0.1) is 0 Å². The third-order valence-electron chi connectivity index (χ3n) is 2.46.